The molecule has 126 valence electrons. The summed E-state index contributed by atoms with van der Waals surface area (Å²) < 4.78 is 0. The van der Waals surface area contributed by atoms with E-state index in [1.165, 1.54) is 0 Å². The molecule has 0 radical (unpaired) electrons. The zero-order valence-corrected chi connectivity index (χ0v) is 14.4. The van der Waals surface area contributed by atoms with Gasteiger partial charge in [-0.1, -0.05) is 30.3 Å². The van der Waals surface area contributed by atoms with E-state index in [-0.39, 0.29) is 5.91 Å². The van der Waals surface area contributed by atoms with Gasteiger partial charge in [-0.25, -0.2) is 0 Å². The summed E-state index contributed by atoms with van der Waals surface area (Å²) in [4.78, 5) is 18.9. The van der Waals surface area contributed by atoms with Gasteiger partial charge < -0.3 is 10.2 Å². The number of nitrogens with zero attached hydrogens (tertiary/aromatic N) is 2. The molecule has 0 atom stereocenters. The number of amides is 1. The fraction of sp³-hybridized carbons (Fsp3) is 0.143. The molecule has 4 heteroatoms. The predicted molar refractivity (Wildman–Crippen MR) is 102 cm³/mol. The predicted octanol–water partition coefficient (Wildman–Crippen LogP) is 4.80. The maximum Gasteiger partial charge on any atom is 0.274 e. The SMILES string of the molecule is CCN(c1ccccc1)c1ccnc(C(=O)Nc2cccc(C)c2)c1. The molecule has 0 bridgehead atoms. The number of anilines is 3. The highest BCUT2D eigenvalue weighted by atomic mass is 16.1. The number of para-hydroxylation sites is 1. The first-order chi connectivity index (χ1) is 12.2. The lowest BCUT2D eigenvalue weighted by atomic mass is 10.2. The van der Waals surface area contributed by atoms with Crippen LogP contribution in [0, 0.1) is 6.92 Å². The number of pyridine rings is 1. The minimum absolute atomic E-state index is 0.212. The quantitative estimate of drug-likeness (QED) is 0.730. The highest BCUT2D eigenvalue weighted by Gasteiger charge is 2.12. The average Bonchev–Trinajstić information content (AvgIpc) is 2.63. The summed E-state index contributed by atoms with van der Waals surface area (Å²) in [6, 6.07) is 21.6. The van der Waals surface area contributed by atoms with Crippen LogP contribution in [0.25, 0.3) is 0 Å². The number of carbonyl (C=O) groups is 1. The molecule has 0 aliphatic heterocycles. The van der Waals surface area contributed by atoms with Gasteiger partial charge in [0.15, 0.2) is 0 Å². The van der Waals surface area contributed by atoms with Crippen molar-refractivity contribution in [2.75, 3.05) is 16.8 Å². The van der Waals surface area contributed by atoms with Crippen molar-refractivity contribution in [2.45, 2.75) is 13.8 Å². The van der Waals surface area contributed by atoms with E-state index >= 15 is 0 Å². The van der Waals surface area contributed by atoms with Gasteiger partial charge in [-0.2, -0.15) is 0 Å². The molecule has 0 saturated carbocycles. The van der Waals surface area contributed by atoms with Crippen LogP contribution >= 0.6 is 0 Å². The van der Waals surface area contributed by atoms with Crippen LogP contribution in [0.5, 0.6) is 0 Å². The summed E-state index contributed by atoms with van der Waals surface area (Å²) >= 11 is 0. The van der Waals surface area contributed by atoms with Crippen LogP contribution in [0.4, 0.5) is 17.1 Å². The fourth-order valence-corrected chi connectivity index (χ4v) is 2.75. The molecule has 2 aromatic carbocycles. The summed E-state index contributed by atoms with van der Waals surface area (Å²) in [5.74, 6) is -0.212. The van der Waals surface area contributed by atoms with Gasteiger partial charge in [0.1, 0.15) is 5.69 Å². The largest absolute Gasteiger partial charge is 0.342 e. The Bertz CT molecular complexity index is 862. The van der Waals surface area contributed by atoms with Crippen molar-refractivity contribution in [1.29, 1.82) is 0 Å². The van der Waals surface area contributed by atoms with Crippen LogP contribution in [0.15, 0.2) is 72.9 Å². The maximum absolute atomic E-state index is 12.5. The molecule has 1 heterocycles. The van der Waals surface area contributed by atoms with Crippen LogP contribution in [0.3, 0.4) is 0 Å². The van der Waals surface area contributed by atoms with E-state index in [1.54, 1.807) is 6.20 Å². The second kappa shape index (κ2) is 7.62. The topological polar surface area (TPSA) is 45.2 Å². The minimum Gasteiger partial charge on any atom is -0.342 e. The number of hydrogen-bond donors (Lipinski definition) is 1. The van der Waals surface area contributed by atoms with Gasteiger partial charge >= 0.3 is 0 Å². The van der Waals surface area contributed by atoms with E-state index in [2.05, 4.69) is 34.3 Å². The summed E-state index contributed by atoms with van der Waals surface area (Å²) in [5, 5.41) is 2.90. The molecule has 4 nitrogen and oxygen atoms in total. The monoisotopic (exact) mass is 331 g/mol. The Balaban J connectivity index is 1.84. The summed E-state index contributed by atoms with van der Waals surface area (Å²) in [7, 11) is 0. The van der Waals surface area contributed by atoms with Crippen molar-refractivity contribution in [3.05, 3.63) is 84.2 Å². The van der Waals surface area contributed by atoms with E-state index in [4.69, 9.17) is 0 Å². The first kappa shape index (κ1) is 16.7. The van der Waals surface area contributed by atoms with Gasteiger partial charge in [-0.15, -0.1) is 0 Å². The third kappa shape index (κ3) is 4.04. The zero-order valence-electron chi connectivity index (χ0n) is 14.4. The number of aryl methyl sites for hydroxylation is 1. The third-order valence-electron chi connectivity index (χ3n) is 3.95. The molecule has 25 heavy (non-hydrogen) atoms. The van der Waals surface area contributed by atoms with Crippen molar-refractivity contribution < 1.29 is 4.79 Å². The lowest BCUT2D eigenvalue weighted by molar-refractivity contribution is 0.102. The van der Waals surface area contributed by atoms with Crippen LogP contribution in [-0.4, -0.2) is 17.4 Å². The fourth-order valence-electron chi connectivity index (χ4n) is 2.75. The Morgan fingerprint density at radius 3 is 2.52 bits per heavy atom. The number of hydrogen-bond acceptors (Lipinski definition) is 3. The molecule has 0 saturated heterocycles. The van der Waals surface area contributed by atoms with Gasteiger partial charge in [0.05, 0.1) is 0 Å². The Kier molecular flexibility index (Phi) is 5.09. The highest BCUT2D eigenvalue weighted by Crippen LogP contribution is 2.25. The molecule has 3 rings (SSSR count). The first-order valence-corrected chi connectivity index (χ1v) is 8.34. The van der Waals surface area contributed by atoms with Crippen molar-refractivity contribution in [1.82, 2.24) is 4.98 Å². The van der Waals surface area contributed by atoms with Gasteiger partial charge in [0, 0.05) is 29.8 Å². The molecular weight excluding hydrogens is 310 g/mol. The number of aromatic nitrogens is 1. The Labute approximate surface area is 148 Å². The van der Waals surface area contributed by atoms with E-state index < -0.39 is 0 Å². The summed E-state index contributed by atoms with van der Waals surface area (Å²) in [6.07, 6.45) is 1.67. The number of nitrogens with one attached hydrogen (secondary N) is 1. The summed E-state index contributed by atoms with van der Waals surface area (Å²) in [6.45, 7) is 4.88. The molecule has 0 aliphatic rings. The van der Waals surface area contributed by atoms with Crippen LogP contribution in [0.1, 0.15) is 23.0 Å². The lowest BCUT2D eigenvalue weighted by Crippen LogP contribution is -2.18. The zero-order chi connectivity index (χ0) is 17.6. The van der Waals surface area contributed by atoms with Crippen molar-refractivity contribution in [2.24, 2.45) is 0 Å². The molecule has 0 unspecified atom stereocenters. The second-order valence-corrected chi connectivity index (χ2v) is 5.80. The number of benzene rings is 2. The van der Waals surface area contributed by atoms with E-state index in [9.17, 15) is 4.79 Å². The highest BCUT2D eigenvalue weighted by molar-refractivity contribution is 6.03. The molecule has 0 spiro atoms. The smallest absolute Gasteiger partial charge is 0.274 e. The maximum atomic E-state index is 12.5. The van der Waals surface area contributed by atoms with Crippen molar-refractivity contribution in [3.8, 4) is 0 Å². The van der Waals surface area contributed by atoms with Crippen molar-refractivity contribution in [3.63, 3.8) is 0 Å². The molecule has 0 fully saturated rings. The Hall–Kier alpha value is -3.14. The van der Waals surface area contributed by atoms with E-state index in [1.807, 2.05) is 61.5 Å². The van der Waals surface area contributed by atoms with Crippen LogP contribution in [0.2, 0.25) is 0 Å². The second-order valence-electron chi connectivity index (χ2n) is 5.80. The van der Waals surface area contributed by atoms with Gasteiger partial charge in [-0.3, -0.25) is 9.78 Å². The molecular formula is C21H21N3O. The van der Waals surface area contributed by atoms with E-state index in [0.29, 0.717) is 5.69 Å². The van der Waals surface area contributed by atoms with Crippen LogP contribution in [-0.2, 0) is 0 Å². The third-order valence-corrected chi connectivity index (χ3v) is 3.95. The standard InChI is InChI=1S/C21H21N3O/c1-3-24(18-10-5-4-6-11-18)19-12-13-22-20(15-19)21(25)23-17-9-7-8-16(2)14-17/h4-15H,3H2,1-2H3,(H,23,25). The average molecular weight is 331 g/mol. The molecule has 1 N–H and O–H groups in total. The molecule has 3 aromatic rings. The van der Waals surface area contributed by atoms with Gasteiger partial charge in [-0.05, 0) is 55.8 Å². The van der Waals surface area contributed by atoms with Crippen molar-refractivity contribution >= 4 is 23.0 Å². The number of rotatable bonds is 5. The normalized spacial score (nSPS) is 10.3. The lowest BCUT2D eigenvalue weighted by Gasteiger charge is -2.23. The Morgan fingerprint density at radius 2 is 1.80 bits per heavy atom. The van der Waals surface area contributed by atoms with Gasteiger partial charge in [0.25, 0.3) is 5.91 Å². The van der Waals surface area contributed by atoms with Gasteiger partial charge in [0.2, 0.25) is 0 Å². The molecule has 1 amide bonds. The Morgan fingerprint density at radius 1 is 1.00 bits per heavy atom. The van der Waals surface area contributed by atoms with E-state index in [0.717, 1.165) is 29.2 Å². The molecule has 1 aromatic heterocycles. The number of carbonyl (C=O) groups excluding carboxylic acids is 1. The first-order valence-electron chi connectivity index (χ1n) is 8.34. The summed E-state index contributed by atoms with van der Waals surface area (Å²) in [5.41, 5.74) is 4.29. The van der Waals surface area contributed by atoms with Crippen LogP contribution < -0.4 is 10.2 Å². The molecule has 0 aliphatic carbocycles. The minimum atomic E-state index is -0.212.